The van der Waals surface area contributed by atoms with Crippen molar-refractivity contribution in [1.29, 1.82) is 0 Å². The van der Waals surface area contributed by atoms with Crippen LogP contribution in [0.4, 0.5) is 13.2 Å². The van der Waals surface area contributed by atoms with Crippen molar-refractivity contribution >= 4 is 0 Å². The lowest BCUT2D eigenvalue weighted by atomic mass is 10.1. The summed E-state index contributed by atoms with van der Waals surface area (Å²) in [5.41, 5.74) is 5.10. The first kappa shape index (κ1) is 21.3. The maximum Gasteiger partial charge on any atom is 0.416 e. The van der Waals surface area contributed by atoms with E-state index in [-0.39, 0.29) is 0 Å². The molecule has 0 saturated carbocycles. The van der Waals surface area contributed by atoms with Gasteiger partial charge in [-0.05, 0) is 31.2 Å². The molecule has 3 heterocycles. The van der Waals surface area contributed by atoms with Gasteiger partial charge < -0.3 is 0 Å². The number of hydrogen-bond acceptors (Lipinski definition) is 4. The molecule has 0 bridgehead atoms. The number of alkyl halides is 3. The summed E-state index contributed by atoms with van der Waals surface area (Å²) >= 11 is 0. The summed E-state index contributed by atoms with van der Waals surface area (Å²) in [6.45, 7) is 4.36. The van der Waals surface area contributed by atoms with Crippen molar-refractivity contribution in [3.05, 3.63) is 95.1 Å². The first-order valence-corrected chi connectivity index (χ1v) is 10.7. The highest BCUT2D eigenvalue weighted by molar-refractivity contribution is 5.56. The fourth-order valence-corrected chi connectivity index (χ4v) is 4.06. The number of hydrogen-bond donors (Lipinski definition) is 0. The molecule has 168 valence electrons. The van der Waals surface area contributed by atoms with Crippen LogP contribution >= 0.6 is 0 Å². The average Bonchev–Trinajstić information content (AvgIpc) is 3.19. The smallest absolute Gasteiger partial charge is 0.294 e. The zero-order chi connectivity index (χ0) is 23.0. The van der Waals surface area contributed by atoms with Crippen molar-refractivity contribution in [1.82, 2.24) is 24.6 Å². The number of nitrogens with zero attached hydrogens (tertiary/aromatic N) is 5. The molecule has 4 aromatic rings. The molecular weight excluding hydrogens is 427 g/mol. The van der Waals surface area contributed by atoms with Crippen molar-refractivity contribution < 1.29 is 13.2 Å². The third kappa shape index (κ3) is 4.52. The molecule has 0 radical (unpaired) electrons. The summed E-state index contributed by atoms with van der Waals surface area (Å²) in [7, 11) is 0. The molecular formula is C25H22F3N5. The topological polar surface area (TPSA) is 46.8 Å². The Kier molecular flexibility index (Phi) is 5.46. The second-order valence-electron chi connectivity index (χ2n) is 8.22. The van der Waals surface area contributed by atoms with Gasteiger partial charge >= 0.3 is 6.18 Å². The minimum atomic E-state index is -4.35. The van der Waals surface area contributed by atoms with Crippen molar-refractivity contribution in [2.75, 3.05) is 6.54 Å². The Bertz CT molecular complexity index is 1260. The molecule has 5 rings (SSSR count). The summed E-state index contributed by atoms with van der Waals surface area (Å²) in [5.74, 6) is 0.455. The molecule has 0 saturated heterocycles. The third-order valence-corrected chi connectivity index (χ3v) is 5.90. The van der Waals surface area contributed by atoms with Crippen LogP contribution in [0.15, 0.2) is 67.0 Å². The molecule has 0 spiro atoms. The molecule has 0 atom stereocenters. The molecule has 1 aliphatic heterocycles. The van der Waals surface area contributed by atoms with E-state index in [4.69, 9.17) is 0 Å². The van der Waals surface area contributed by atoms with Crippen LogP contribution < -0.4 is 0 Å². The fraction of sp³-hybridized carbons (Fsp3) is 0.240. The van der Waals surface area contributed by atoms with E-state index in [0.29, 0.717) is 11.4 Å². The summed E-state index contributed by atoms with van der Waals surface area (Å²) in [6, 6.07) is 15.0. The molecule has 0 unspecified atom stereocenters. The van der Waals surface area contributed by atoms with Gasteiger partial charge in [0.05, 0.1) is 22.6 Å². The molecule has 33 heavy (non-hydrogen) atoms. The maximum absolute atomic E-state index is 12.8. The van der Waals surface area contributed by atoms with E-state index in [0.717, 1.165) is 60.8 Å². The Morgan fingerprint density at radius 2 is 1.76 bits per heavy atom. The summed E-state index contributed by atoms with van der Waals surface area (Å²) < 4.78 is 40.3. The number of benzene rings is 2. The lowest BCUT2D eigenvalue weighted by molar-refractivity contribution is -0.137. The van der Waals surface area contributed by atoms with Crippen molar-refractivity contribution in [2.24, 2.45) is 0 Å². The van der Waals surface area contributed by atoms with E-state index in [1.165, 1.54) is 17.7 Å². The molecule has 0 aliphatic carbocycles. The second kappa shape index (κ2) is 8.44. The molecule has 2 aromatic heterocycles. The first-order valence-electron chi connectivity index (χ1n) is 10.7. The van der Waals surface area contributed by atoms with Crippen LogP contribution in [0.25, 0.3) is 17.1 Å². The SMILES string of the molecule is Cc1nn(-c2ccccc2)cc1CN1CCc2nc(-c3ccc(C(F)(F)F)cc3)ncc2C1. The summed E-state index contributed by atoms with van der Waals surface area (Å²) in [4.78, 5) is 11.4. The Labute approximate surface area is 189 Å². The van der Waals surface area contributed by atoms with Crippen LogP contribution in [-0.2, 0) is 25.7 Å². The first-order chi connectivity index (χ1) is 15.9. The number of aromatic nitrogens is 4. The fourth-order valence-electron chi connectivity index (χ4n) is 4.06. The van der Waals surface area contributed by atoms with Gasteiger partial charge in [-0.1, -0.05) is 30.3 Å². The minimum Gasteiger partial charge on any atom is -0.294 e. The number of fused-ring (bicyclic) bond motifs is 1. The minimum absolute atomic E-state index is 0.455. The predicted octanol–water partition coefficient (Wildman–Crippen LogP) is 5.21. The highest BCUT2D eigenvalue weighted by atomic mass is 19.4. The van der Waals surface area contributed by atoms with E-state index in [2.05, 4.69) is 26.2 Å². The van der Waals surface area contributed by atoms with Gasteiger partial charge in [-0.15, -0.1) is 0 Å². The van der Waals surface area contributed by atoms with Gasteiger partial charge in [0.1, 0.15) is 0 Å². The van der Waals surface area contributed by atoms with E-state index >= 15 is 0 Å². The van der Waals surface area contributed by atoms with Crippen LogP contribution in [0.3, 0.4) is 0 Å². The second-order valence-corrected chi connectivity index (χ2v) is 8.22. The largest absolute Gasteiger partial charge is 0.416 e. The van der Waals surface area contributed by atoms with Gasteiger partial charge in [-0.2, -0.15) is 18.3 Å². The van der Waals surface area contributed by atoms with Crippen LogP contribution in [0.1, 0.15) is 28.1 Å². The zero-order valence-corrected chi connectivity index (χ0v) is 18.0. The molecule has 2 aromatic carbocycles. The van der Waals surface area contributed by atoms with Gasteiger partial charge in [0.2, 0.25) is 0 Å². The third-order valence-electron chi connectivity index (χ3n) is 5.90. The normalized spacial score (nSPS) is 14.3. The highest BCUT2D eigenvalue weighted by Crippen LogP contribution is 2.30. The maximum atomic E-state index is 12.8. The Hall–Kier alpha value is -3.52. The van der Waals surface area contributed by atoms with Crippen molar-refractivity contribution in [3.8, 4) is 17.1 Å². The lowest BCUT2D eigenvalue weighted by Gasteiger charge is -2.27. The van der Waals surface area contributed by atoms with E-state index < -0.39 is 11.7 Å². The Morgan fingerprint density at radius 1 is 1.00 bits per heavy atom. The average molecular weight is 449 g/mol. The lowest BCUT2D eigenvalue weighted by Crippen LogP contribution is -2.31. The van der Waals surface area contributed by atoms with Crippen LogP contribution in [0.5, 0.6) is 0 Å². The number of rotatable bonds is 4. The van der Waals surface area contributed by atoms with Gasteiger partial charge in [0.15, 0.2) is 5.82 Å². The number of aryl methyl sites for hydroxylation is 1. The predicted molar refractivity (Wildman–Crippen MR) is 119 cm³/mol. The van der Waals surface area contributed by atoms with Crippen LogP contribution in [0.2, 0.25) is 0 Å². The van der Waals surface area contributed by atoms with E-state index in [9.17, 15) is 13.2 Å². The molecule has 8 heteroatoms. The van der Waals surface area contributed by atoms with Gasteiger partial charge in [0, 0.05) is 55.1 Å². The standard InChI is InChI=1S/C25H22F3N5/c1-17-20(16-33(31-17)22-5-3-2-4-6-22)15-32-12-11-23-19(14-32)13-29-24(30-23)18-7-9-21(10-8-18)25(26,27)28/h2-10,13,16H,11-12,14-15H2,1H3. The highest BCUT2D eigenvalue weighted by Gasteiger charge is 2.30. The van der Waals surface area contributed by atoms with Crippen LogP contribution in [-0.4, -0.2) is 31.2 Å². The molecule has 0 amide bonds. The van der Waals surface area contributed by atoms with E-state index in [1.54, 1.807) is 6.20 Å². The summed E-state index contributed by atoms with van der Waals surface area (Å²) in [5, 5.41) is 4.65. The molecule has 0 fully saturated rings. The van der Waals surface area contributed by atoms with Gasteiger partial charge in [-0.3, -0.25) is 4.90 Å². The molecule has 0 N–H and O–H groups in total. The van der Waals surface area contributed by atoms with Gasteiger partial charge in [-0.25, -0.2) is 14.6 Å². The van der Waals surface area contributed by atoms with Crippen molar-refractivity contribution in [2.45, 2.75) is 32.6 Å². The Morgan fingerprint density at radius 3 is 2.48 bits per heavy atom. The number of halogens is 3. The Balaban J connectivity index is 1.30. The molecule has 1 aliphatic rings. The van der Waals surface area contributed by atoms with Crippen LogP contribution in [0, 0.1) is 6.92 Å². The van der Waals surface area contributed by atoms with Crippen molar-refractivity contribution in [3.63, 3.8) is 0 Å². The van der Waals surface area contributed by atoms with Gasteiger partial charge in [0.25, 0.3) is 0 Å². The monoisotopic (exact) mass is 449 g/mol. The quantitative estimate of drug-likeness (QED) is 0.429. The zero-order valence-electron chi connectivity index (χ0n) is 18.0. The van der Waals surface area contributed by atoms with E-state index in [1.807, 2.05) is 41.9 Å². The number of para-hydroxylation sites is 1. The summed E-state index contributed by atoms with van der Waals surface area (Å²) in [6.07, 6.45) is 0.276. The molecule has 5 nitrogen and oxygen atoms in total.